The lowest BCUT2D eigenvalue weighted by Gasteiger charge is -2.24. The molecule has 2 saturated heterocycles. The van der Waals surface area contributed by atoms with Gasteiger partial charge in [0.05, 0.1) is 12.1 Å². The minimum atomic E-state index is -0.923. The molecule has 1 atom stereocenters. The predicted octanol–water partition coefficient (Wildman–Crippen LogP) is 1.65. The first kappa shape index (κ1) is 12.7. The van der Waals surface area contributed by atoms with Gasteiger partial charge in [0.15, 0.2) is 0 Å². The van der Waals surface area contributed by atoms with Gasteiger partial charge in [-0.15, -0.1) is 0 Å². The van der Waals surface area contributed by atoms with Crippen molar-refractivity contribution in [1.82, 2.24) is 9.80 Å². The summed E-state index contributed by atoms with van der Waals surface area (Å²) in [5, 5.41) is 8.89. The molecule has 2 aliphatic rings. The monoisotopic (exact) mass is 264 g/mol. The average Bonchev–Trinajstić information content (AvgIpc) is 2.96. The Morgan fingerprint density at radius 1 is 1.37 bits per heavy atom. The molecule has 2 aliphatic heterocycles. The molecule has 1 N–H and O–H groups in total. The number of carboxylic acids is 1. The maximum atomic E-state index is 10.8. The maximum absolute atomic E-state index is 10.8. The molecule has 5 nitrogen and oxygen atoms in total. The smallest absolute Gasteiger partial charge is 0.338 e. The van der Waals surface area contributed by atoms with Crippen LogP contribution in [0.5, 0.6) is 0 Å². The van der Waals surface area contributed by atoms with Crippen molar-refractivity contribution in [2.75, 3.05) is 26.2 Å². The van der Waals surface area contributed by atoms with Crippen molar-refractivity contribution >= 4 is 5.97 Å². The van der Waals surface area contributed by atoms with Crippen LogP contribution in [0.4, 0.5) is 0 Å². The van der Waals surface area contributed by atoms with E-state index in [1.807, 2.05) is 0 Å². The highest BCUT2D eigenvalue weighted by Gasteiger charge is 2.28. The number of hydrogen-bond acceptors (Lipinski definition) is 4. The van der Waals surface area contributed by atoms with Gasteiger partial charge in [0.25, 0.3) is 0 Å². The molecule has 0 radical (unpaired) electrons. The highest BCUT2D eigenvalue weighted by molar-refractivity contribution is 5.87. The Morgan fingerprint density at radius 3 is 3.00 bits per heavy atom. The second kappa shape index (κ2) is 5.35. The second-order valence-electron chi connectivity index (χ2n) is 5.53. The Morgan fingerprint density at radius 2 is 2.21 bits per heavy atom. The van der Waals surface area contributed by atoms with Crippen molar-refractivity contribution in [2.24, 2.45) is 0 Å². The third kappa shape index (κ3) is 2.82. The van der Waals surface area contributed by atoms with Gasteiger partial charge in [0.2, 0.25) is 0 Å². The number of nitrogens with zero attached hydrogens (tertiary/aromatic N) is 2. The van der Waals surface area contributed by atoms with E-state index >= 15 is 0 Å². The number of furan rings is 1. The molecule has 0 saturated carbocycles. The number of carboxylic acid groups (broad SMARTS) is 1. The van der Waals surface area contributed by atoms with Crippen LogP contribution in [0.3, 0.4) is 0 Å². The van der Waals surface area contributed by atoms with Crippen LogP contribution in [0.25, 0.3) is 0 Å². The maximum Gasteiger partial charge on any atom is 0.338 e. The minimum absolute atomic E-state index is 0.243. The lowest BCUT2D eigenvalue weighted by Crippen LogP contribution is -2.36. The Hall–Kier alpha value is -1.33. The summed E-state index contributed by atoms with van der Waals surface area (Å²) in [7, 11) is 0. The number of fused-ring (bicyclic) bond motifs is 1. The predicted molar refractivity (Wildman–Crippen MR) is 70.2 cm³/mol. The van der Waals surface area contributed by atoms with Crippen LogP contribution in [0, 0.1) is 0 Å². The zero-order valence-electron chi connectivity index (χ0n) is 11.0. The number of aromatic carboxylic acids is 1. The SMILES string of the molecule is O=C(O)c1coc(CN2CCCN3CCCC3C2)c1. The summed E-state index contributed by atoms with van der Waals surface area (Å²) in [6, 6.07) is 2.32. The van der Waals surface area contributed by atoms with Crippen molar-refractivity contribution in [3.63, 3.8) is 0 Å². The molecule has 3 heterocycles. The normalized spacial score (nSPS) is 25.2. The van der Waals surface area contributed by atoms with E-state index < -0.39 is 5.97 Å². The van der Waals surface area contributed by atoms with Gasteiger partial charge in [0, 0.05) is 12.6 Å². The molecule has 104 valence electrons. The summed E-state index contributed by atoms with van der Waals surface area (Å²) >= 11 is 0. The van der Waals surface area contributed by atoms with Crippen LogP contribution in [0.2, 0.25) is 0 Å². The van der Waals surface area contributed by atoms with E-state index in [9.17, 15) is 4.79 Å². The fourth-order valence-electron chi connectivity index (χ4n) is 3.22. The van der Waals surface area contributed by atoms with Gasteiger partial charge < -0.3 is 9.52 Å². The molecule has 0 spiro atoms. The summed E-state index contributed by atoms with van der Waals surface area (Å²) in [5.41, 5.74) is 0.243. The van der Waals surface area contributed by atoms with Gasteiger partial charge in [-0.3, -0.25) is 9.80 Å². The third-order valence-corrected chi connectivity index (χ3v) is 4.17. The van der Waals surface area contributed by atoms with Gasteiger partial charge >= 0.3 is 5.97 Å². The Balaban J connectivity index is 1.63. The molecular weight excluding hydrogens is 244 g/mol. The van der Waals surface area contributed by atoms with E-state index in [2.05, 4.69) is 9.80 Å². The van der Waals surface area contributed by atoms with Crippen LogP contribution in [0.1, 0.15) is 35.4 Å². The fraction of sp³-hybridized carbons (Fsp3) is 0.643. The van der Waals surface area contributed by atoms with Crippen molar-refractivity contribution < 1.29 is 14.3 Å². The summed E-state index contributed by atoms with van der Waals surface area (Å²) in [4.78, 5) is 15.8. The van der Waals surface area contributed by atoms with Gasteiger partial charge in [-0.1, -0.05) is 0 Å². The molecule has 1 aromatic rings. The molecule has 0 amide bonds. The first-order chi connectivity index (χ1) is 9.22. The zero-order valence-corrected chi connectivity index (χ0v) is 11.0. The van der Waals surface area contributed by atoms with E-state index in [1.54, 1.807) is 6.07 Å². The molecule has 0 aliphatic carbocycles. The number of carbonyl (C=O) groups is 1. The summed E-state index contributed by atoms with van der Waals surface area (Å²) in [6.07, 6.45) is 5.11. The van der Waals surface area contributed by atoms with Crippen LogP contribution in [0.15, 0.2) is 16.7 Å². The Kier molecular flexibility index (Phi) is 3.57. The van der Waals surface area contributed by atoms with Crippen molar-refractivity contribution in [3.8, 4) is 0 Å². The van der Waals surface area contributed by atoms with E-state index in [0.29, 0.717) is 6.04 Å². The van der Waals surface area contributed by atoms with Crippen molar-refractivity contribution in [3.05, 3.63) is 23.7 Å². The van der Waals surface area contributed by atoms with Gasteiger partial charge in [-0.05, 0) is 45.0 Å². The van der Waals surface area contributed by atoms with Gasteiger partial charge in [-0.2, -0.15) is 0 Å². The lowest BCUT2D eigenvalue weighted by atomic mass is 10.2. The largest absolute Gasteiger partial charge is 0.478 e. The van der Waals surface area contributed by atoms with Crippen molar-refractivity contribution in [2.45, 2.75) is 31.8 Å². The van der Waals surface area contributed by atoms with E-state index in [0.717, 1.165) is 25.4 Å². The topological polar surface area (TPSA) is 56.9 Å². The van der Waals surface area contributed by atoms with Crippen LogP contribution >= 0.6 is 0 Å². The van der Waals surface area contributed by atoms with E-state index in [-0.39, 0.29) is 5.56 Å². The summed E-state index contributed by atoms with van der Waals surface area (Å²) in [5.74, 6) is -0.170. The molecule has 5 heteroatoms. The summed E-state index contributed by atoms with van der Waals surface area (Å²) < 4.78 is 5.34. The number of hydrogen-bond donors (Lipinski definition) is 1. The Labute approximate surface area is 112 Å². The molecule has 1 unspecified atom stereocenters. The quantitative estimate of drug-likeness (QED) is 0.899. The molecule has 19 heavy (non-hydrogen) atoms. The highest BCUT2D eigenvalue weighted by atomic mass is 16.4. The Bertz CT molecular complexity index is 457. The number of rotatable bonds is 3. The highest BCUT2D eigenvalue weighted by Crippen LogP contribution is 2.22. The molecule has 1 aromatic heterocycles. The minimum Gasteiger partial charge on any atom is -0.478 e. The first-order valence-corrected chi connectivity index (χ1v) is 6.99. The molecule has 2 fully saturated rings. The third-order valence-electron chi connectivity index (χ3n) is 4.17. The summed E-state index contributed by atoms with van der Waals surface area (Å²) in [6.45, 7) is 5.29. The zero-order chi connectivity index (χ0) is 13.2. The average molecular weight is 264 g/mol. The molecule has 0 aromatic carbocycles. The first-order valence-electron chi connectivity index (χ1n) is 6.99. The lowest BCUT2D eigenvalue weighted by molar-refractivity contribution is 0.0696. The van der Waals surface area contributed by atoms with E-state index in [1.165, 1.54) is 38.6 Å². The van der Waals surface area contributed by atoms with Gasteiger partial charge in [0.1, 0.15) is 12.0 Å². The molecule has 0 bridgehead atoms. The van der Waals surface area contributed by atoms with Crippen LogP contribution in [-0.2, 0) is 6.54 Å². The fourth-order valence-corrected chi connectivity index (χ4v) is 3.22. The van der Waals surface area contributed by atoms with Crippen molar-refractivity contribution in [1.29, 1.82) is 0 Å². The van der Waals surface area contributed by atoms with E-state index in [4.69, 9.17) is 9.52 Å². The van der Waals surface area contributed by atoms with Crippen LogP contribution < -0.4 is 0 Å². The van der Waals surface area contributed by atoms with Gasteiger partial charge in [-0.25, -0.2) is 4.79 Å². The van der Waals surface area contributed by atoms with Crippen LogP contribution in [-0.4, -0.2) is 53.1 Å². The molecule has 3 rings (SSSR count). The second-order valence-corrected chi connectivity index (χ2v) is 5.53. The standard InChI is InChI=1S/C14H20N2O3/c17-14(18)11-7-13(19-10-11)9-15-4-2-6-16-5-1-3-12(16)8-15/h7,10,12H,1-6,8-9H2,(H,17,18). The molecular formula is C14H20N2O3.